The van der Waals surface area contributed by atoms with Gasteiger partial charge in [-0.25, -0.2) is 4.39 Å². The molecule has 0 radical (unpaired) electrons. The van der Waals surface area contributed by atoms with Crippen molar-refractivity contribution in [2.75, 3.05) is 0 Å². The Morgan fingerprint density at radius 3 is 2.55 bits per heavy atom. The van der Waals surface area contributed by atoms with Gasteiger partial charge >= 0.3 is 0 Å². The Balaban J connectivity index is 2.42. The van der Waals surface area contributed by atoms with Gasteiger partial charge < -0.3 is 10.5 Å². The monoisotopic (exact) mass is 393 g/mol. The molecule has 2 N–H and O–H groups in total. The van der Waals surface area contributed by atoms with Crippen LogP contribution < -0.4 is 10.5 Å². The minimum Gasteiger partial charge on any atom is -0.453 e. The summed E-state index contributed by atoms with van der Waals surface area (Å²) in [7, 11) is 0. The molecule has 0 aromatic heterocycles. The summed E-state index contributed by atoms with van der Waals surface area (Å²) in [4.78, 5) is 0.0862. The van der Waals surface area contributed by atoms with Gasteiger partial charge in [0.1, 0.15) is 15.8 Å². The van der Waals surface area contributed by atoms with Crippen LogP contribution in [0.4, 0.5) is 4.39 Å². The zero-order chi connectivity index (χ0) is 14.9. The van der Waals surface area contributed by atoms with Gasteiger partial charge in [-0.15, -0.1) is 0 Å². The second-order valence-electron chi connectivity index (χ2n) is 3.76. The van der Waals surface area contributed by atoms with Crippen LogP contribution in [0.1, 0.15) is 5.56 Å². The van der Waals surface area contributed by atoms with Crippen molar-refractivity contribution >= 4 is 56.3 Å². The first kappa shape index (κ1) is 15.5. The number of hydrogen-bond acceptors (Lipinski definition) is 2. The van der Waals surface area contributed by atoms with Crippen molar-refractivity contribution in [3.63, 3.8) is 0 Å². The van der Waals surface area contributed by atoms with Gasteiger partial charge in [0.15, 0.2) is 11.6 Å². The summed E-state index contributed by atoms with van der Waals surface area (Å²) in [6.45, 7) is 0. The van der Waals surface area contributed by atoms with Crippen molar-refractivity contribution in [3.8, 4) is 11.5 Å². The molecule has 0 aliphatic carbocycles. The summed E-state index contributed by atoms with van der Waals surface area (Å²) >= 11 is 19.8. The van der Waals surface area contributed by atoms with Crippen molar-refractivity contribution in [2.24, 2.45) is 5.73 Å². The maximum Gasteiger partial charge on any atom is 0.180 e. The van der Waals surface area contributed by atoms with Crippen molar-refractivity contribution in [1.82, 2.24) is 0 Å². The van der Waals surface area contributed by atoms with E-state index in [2.05, 4.69) is 15.9 Å². The van der Waals surface area contributed by atoms with Gasteiger partial charge in [-0.05, 0) is 40.2 Å². The van der Waals surface area contributed by atoms with E-state index in [-0.39, 0.29) is 26.0 Å². The number of thiocarbonyl (C=S) groups is 1. The molecular formula is C13H7BrCl2FNOS. The van der Waals surface area contributed by atoms with Gasteiger partial charge in [0, 0.05) is 5.56 Å². The Morgan fingerprint density at radius 1 is 1.20 bits per heavy atom. The molecule has 0 atom stereocenters. The van der Waals surface area contributed by atoms with Crippen molar-refractivity contribution in [2.45, 2.75) is 0 Å². The summed E-state index contributed by atoms with van der Waals surface area (Å²) in [5.41, 5.74) is 5.88. The van der Waals surface area contributed by atoms with Crippen LogP contribution in [0.15, 0.2) is 34.8 Å². The highest BCUT2D eigenvalue weighted by Gasteiger charge is 2.16. The first-order valence-electron chi connectivity index (χ1n) is 5.31. The molecule has 2 nitrogen and oxygen atoms in total. The third-order valence-electron chi connectivity index (χ3n) is 2.45. The zero-order valence-corrected chi connectivity index (χ0v) is 13.7. The van der Waals surface area contributed by atoms with Crippen LogP contribution in [0.2, 0.25) is 10.0 Å². The third kappa shape index (κ3) is 3.06. The summed E-state index contributed by atoms with van der Waals surface area (Å²) in [6.07, 6.45) is 0. The van der Waals surface area contributed by atoms with E-state index in [0.29, 0.717) is 10.6 Å². The number of hydrogen-bond donors (Lipinski definition) is 1. The van der Waals surface area contributed by atoms with E-state index in [1.54, 1.807) is 24.3 Å². The first-order valence-corrected chi connectivity index (χ1v) is 7.27. The Hall–Kier alpha value is -0.880. The van der Waals surface area contributed by atoms with Gasteiger partial charge in [-0.2, -0.15) is 0 Å². The van der Waals surface area contributed by atoms with Crippen LogP contribution in [0, 0.1) is 5.82 Å². The molecule has 0 bridgehead atoms. The highest BCUT2D eigenvalue weighted by atomic mass is 79.9. The molecule has 104 valence electrons. The Kier molecular flexibility index (Phi) is 4.86. The molecule has 0 unspecified atom stereocenters. The average molecular weight is 395 g/mol. The Labute approximate surface area is 138 Å². The standard InChI is InChI=1S/C13H7BrCl2FNOS/c14-10-6(13(18)20)4-5-9(12(10)17)19-8-3-1-2-7(15)11(8)16/h1-5H,(H2,18,20). The van der Waals surface area contributed by atoms with Gasteiger partial charge in [-0.3, -0.25) is 0 Å². The molecule has 0 heterocycles. The van der Waals surface area contributed by atoms with E-state index >= 15 is 0 Å². The largest absolute Gasteiger partial charge is 0.453 e. The van der Waals surface area contributed by atoms with E-state index in [0.717, 1.165) is 0 Å². The van der Waals surface area contributed by atoms with Gasteiger partial charge in [-0.1, -0.05) is 41.5 Å². The topological polar surface area (TPSA) is 35.2 Å². The van der Waals surface area contributed by atoms with E-state index < -0.39 is 5.82 Å². The number of nitrogens with two attached hydrogens (primary N) is 1. The SMILES string of the molecule is NC(=S)c1ccc(Oc2cccc(Cl)c2Cl)c(F)c1Br. The van der Waals surface area contributed by atoms with Gasteiger partial charge in [0.25, 0.3) is 0 Å². The lowest BCUT2D eigenvalue weighted by Crippen LogP contribution is -2.11. The predicted octanol–water partition coefficient (Wildman–Crippen LogP) is 5.32. The van der Waals surface area contributed by atoms with Crippen molar-refractivity contribution in [3.05, 3.63) is 56.2 Å². The highest BCUT2D eigenvalue weighted by Crippen LogP contribution is 2.37. The number of benzene rings is 2. The van der Waals surface area contributed by atoms with Crippen LogP contribution in [-0.4, -0.2) is 4.99 Å². The summed E-state index contributed by atoms with van der Waals surface area (Å²) in [5.74, 6) is -0.375. The number of halogens is 4. The molecule has 0 aliphatic rings. The van der Waals surface area contributed by atoms with Gasteiger partial charge in [0.2, 0.25) is 0 Å². The number of ether oxygens (including phenoxy) is 1. The second-order valence-corrected chi connectivity index (χ2v) is 5.78. The predicted molar refractivity (Wildman–Crippen MR) is 86.5 cm³/mol. The fraction of sp³-hybridized carbons (Fsp3) is 0. The summed E-state index contributed by atoms with van der Waals surface area (Å²) in [6, 6.07) is 7.83. The fourth-order valence-electron chi connectivity index (χ4n) is 1.48. The summed E-state index contributed by atoms with van der Waals surface area (Å²) in [5, 5.41) is 0.534. The van der Waals surface area contributed by atoms with E-state index in [1.165, 1.54) is 6.07 Å². The quantitative estimate of drug-likeness (QED) is 0.715. The molecule has 0 saturated carbocycles. The Morgan fingerprint density at radius 2 is 1.90 bits per heavy atom. The zero-order valence-electron chi connectivity index (χ0n) is 9.79. The van der Waals surface area contributed by atoms with E-state index in [9.17, 15) is 4.39 Å². The molecule has 0 fully saturated rings. The molecule has 20 heavy (non-hydrogen) atoms. The summed E-state index contributed by atoms with van der Waals surface area (Å²) < 4.78 is 19.7. The van der Waals surface area contributed by atoms with E-state index in [1.807, 2.05) is 0 Å². The lowest BCUT2D eigenvalue weighted by molar-refractivity contribution is 0.440. The van der Waals surface area contributed by atoms with Crippen LogP contribution in [0.3, 0.4) is 0 Å². The molecule has 0 spiro atoms. The second kappa shape index (κ2) is 6.26. The lowest BCUT2D eigenvalue weighted by atomic mass is 10.2. The fourth-order valence-corrected chi connectivity index (χ4v) is 2.66. The smallest absolute Gasteiger partial charge is 0.180 e. The van der Waals surface area contributed by atoms with Crippen LogP contribution in [0.5, 0.6) is 11.5 Å². The minimum atomic E-state index is -0.619. The molecule has 7 heteroatoms. The maximum absolute atomic E-state index is 14.2. The van der Waals surface area contributed by atoms with Crippen molar-refractivity contribution < 1.29 is 9.13 Å². The highest BCUT2D eigenvalue weighted by molar-refractivity contribution is 9.10. The lowest BCUT2D eigenvalue weighted by Gasteiger charge is -2.11. The molecular weight excluding hydrogens is 388 g/mol. The molecule has 2 aromatic rings. The molecule has 2 aromatic carbocycles. The molecule has 0 saturated heterocycles. The maximum atomic E-state index is 14.2. The van der Waals surface area contributed by atoms with Crippen molar-refractivity contribution in [1.29, 1.82) is 0 Å². The Bertz CT molecular complexity index is 696. The van der Waals surface area contributed by atoms with Crippen LogP contribution in [-0.2, 0) is 0 Å². The molecule has 2 rings (SSSR count). The van der Waals surface area contributed by atoms with Gasteiger partial charge in [0.05, 0.1) is 9.50 Å². The molecule has 0 aliphatic heterocycles. The molecule has 0 amide bonds. The third-order valence-corrected chi connectivity index (χ3v) is 4.25. The van der Waals surface area contributed by atoms with Crippen LogP contribution in [0.25, 0.3) is 0 Å². The minimum absolute atomic E-state index is 0.0129. The normalized spacial score (nSPS) is 10.4. The number of rotatable bonds is 3. The van der Waals surface area contributed by atoms with Crippen LogP contribution >= 0.6 is 51.3 Å². The average Bonchev–Trinajstić information content (AvgIpc) is 2.40. The van der Waals surface area contributed by atoms with E-state index in [4.69, 9.17) is 45.9 Å². The first-order chi connectivity index (χ1) is 9.41.